The summed E-state index contributed by atoms with van der Waals surface area (Å²) in [6.07, 6.45) is 1.84. The molecule has 0 spiro atoms. The van der Waals surface area contributed by atoms with Crippen LogP contribution in [-0.2, 0) is 5.41 Å². The van der Waals surface area contributed by atoms with Crippen molar-refractivity contribution >= 4 is 34.7 Å². The maximum absolute atomic E-state index is 14.0. The van der Waals surface area contributed by atoms with E-state index in [1.807, 2.05) is 75.4 Å². The first kappa shape index (κ1) is 29.7. The van der Waals surface area contributed by atoms with Gasteiger partial charge >= 0.3 is 6.03 Å². The summed E-state index contributed by atoms with van der Waals surface area (Å²) in [6, 6.07) is 17.3. The molecule has 1 aliphatic heterocycles. The first-order valence-electron chi connectivity index (χ1n) is 14.5. The second-order valence-electron chi connectivity index (χ2n) is 12.2. The number of aromatic nitrogens is 3. The highest BCUT2D eigenvalue weighted by Gasteiger charge is 2.33. The second-order valence-corrected chi connectivity index (χ2v) is 13.4. The normalized spacial score (nSPS) is 14.9. The molecule has 2 amide bonds. The number of carbonyl (C=O) groups is 2. The van der Waals surface area contributed by atoms with Crippen LogP contribution in [-0.4, -0.2) is 39.7 Å². The highest BCUT2D eigenvalue weighted by Crippen LogP contribution is 2.37. The van der Waals surface area contributed by atoms with Crippen molar-refractivity contribution in [2.45, 2.75) is 65.7 Å². The molecular formula is C33H40N6O2S. The van der Waals surface area contributed by atoms with Crippen molar-refractivity contribution in [2.75, 3.05) is 23.7 Å². The van der Waals surface area contributed by atoms with Crippen molar-refractivity contribution in [3.63, 3.8) is 0 Å². The quantitative estimate of drug-likeness (QED) is 0.200. The zero-order chi connectivity index (χ0) is 30.0. The molecular weight excluding hydrogens is 544 g/mol. The number of benzene rings is 2. The molecule has 3 heterocycles. The van der Waals surface area contributed by atoms with Gasteiger partial charge in [-0.25, -0.2) is 14.5 Å². The lowest BCUT2D eigenvalue weighted by atomic mass is 9.77. The second kappa shape index (κ2) is 12.2. The smallest absolute Gasteiger partial charge is 0.317 e. The van der Waals surface area contributed by atoms with Gasteiger partial charge in [0.05, 0.1) is 32.9 Å². The zero-order valence-electron chi connectivity index (χ0n) is 25.2. The van der Waals surface area contributed by atoms with Gasteiger partial charge in [0.25, 0.3) is 0 Å². The average Bonchev–Trinajstić information content (AvgIpc) is 3.52. The number of rotatable bonds is 7. The Balaban J connectivity index is 1.41. The Morgan fingerprint density at radius 2 is 1.71 bits per heavy atom. The van der Waals surface area contributed by atoms with E-state index in [2.05, 4.69) is 41.7 Å². The molecule has 9 heteroatoms. The summed E-state index contributed by atoms with van der Waals surface area (Å²) >= 11 is 1.47. The van der Waals surface area contributed by atoms with Gasteiger partial charge in [-0.1, -0.05) is 50.6 Å². The van der Waals surface area contributed by atoms with Gasteiger partial charge < -0.3 is 10.6 Å². The minimum Gasteiger partial charge on any atom is -0.317 e. The topological polar surface area (TPSA) is 101 Å². The first-order chi connectivity index (χ1) is 20.0. The molecule has 4 aromatic rings. The SMILES string of the molecule is Cc1ccc(-n2nc(C(C)(C)C)cc2NC(=O)Nc2cccc(C(C(=O)c3sc(C)nc3C)C3CCNCC3)c2)cc1. The van der Waals surface area contributed by atoms with Gasteiger partial charge in [-0.05, 0) is 82.4 Å². The minimum absolute atomic E-state index is 0.114. The molecule has 1 fully saturated rings. The maximum atomic E-state index is 14.0. The molecule has 1 aliphatic rings. The molecule has 0 bridgehead atoms. The van der Waals surface area contributed by atoms with Crippen molar-refractivity contribution in [1.29, 1.82) is 0 Å². The highest BCUT2D eigenvalue weighted by atomic mass is 32.1. The number of urea groups is 1. The predicted molar refractivity (Wildman–Crippen MR) is 170 cm³/mol. The van der Waals surface area contributed by atoms with Crippen molar-refractivity contribution in [1.82, 2.24) is 20.1 Å². The third-order valence-electron chi connectivity index (χ3n) is 7.77. The summed E-state index contributed by atoms with van der Waals surface area (Å²) in [4.78, 5) is 32.5. The van der Waals surface area contributed by atoms with Crippen LogP contribution in [0.4, 0.5) is 16.3 Å². The Bertz CT molecular complexity index is 1570. The van der Waals surface area contributed by atoms with E-state index >= 15 is 0 Å². The summed E-state index contributed by atoms with van der Waals surface area (Å²) in [5.74, 6) is 0.608. The molecule has 1 atom stereocenters. The number of amides is 2. The van der Waals surface area contributed by atoms with Gasteiger partial charge in [0.1, 0.15) is 5.82 Å². The Hall–Kier alpha value is -3.82. The number of carbonyl (C=O) groups excluding carboxylic acids is 2. The number of nitrogens with one attached hydrogen (secondary N) is 3. The Morgan fingerprint density at radius 1 is 1.00 bits per heavy atom. The number of ketones is 1. The lowest BCUT2D eigenvalue weighted by molar-refractivity contribution is 0.0919. The van der Waals surface area contributed by atoms with Crippen molar-refractivity contribution in [3.8, 4) is 5.69 Å². The molecule has 5 rings (SSSR count). The van der Waals surface area contributed by atoms with E-state index < -0.39 is 0 Å². The fourth-order valence-corrected chi connectivity index (χ4v) is 6.42. The van der Waals surface area contributed by atoms with E-state index in [9.17, 15) is 9.59 Å². The van der Waals surface area contributed by atoms with Crippen LogP contribution in [0.5, 0.6) is 0 Å². The van der Waals surface area contributed by atoms with Crippen LogP contribution in [0.3, 0.4) is 0 Å². The van der Waals surface area contributed by atoms with Crippen LogP contribution >= 0.6 is 11.3 Å². The molecule has 2 aromatic heterocycles. The molecule has 8 nitrogen and oxygen atoms in total. The van der Waals surface area contributed by atoms with Crippen molar-refractivity contribution in [3.05, 3.63) is 87.0 Å². The van der Waals surface area contributed by atoms with E-state index in [4.69, 9.17) is 5.10 Å². The van der Waals surface area contributed by atoms with Gasteiger partial charge in [0.2, 0.25) is 0 Å². The largest absolute Gasteiger partial charge is 0.324 e. The van der Waals surface area contributed by atoms with E-state index in [0.29, 0.717) is 11.5 Å². The lowest BCUT2D eigenvalue weighted by Gasteiger charge is -2.30. The number of Topliss-reactive ketones (excluding diaryl/α,β-unsaturated/α-hetero) is 1. The molecule has 0 saturated carbocycles. The van der Waals surface area contributed by atoms with E-state index in [1.54, 1.807) is 4.68 Å². The Kier molecular flexibility index (Phi) is 8.61. The Morgan fingerprint density at radius 3 is 2.36 bits per heavy atom. The fraction of sp³-hybridized carbons (Fsp3) is 0.394. The number of hydrogen-bond acceptors (Lipinski definition) is 6. The summed E-state index contributed by atoms with van der Waals surface area (Å²) in [7, 11) is 0. The van der Waals surface area contributed by atoms with Gasteiger partial charge in [-0.15, -0.1) is 11.3 Å². The van der Waals surface area contributed by atoms with Gasteiger partial charge in [0.15, 0.2) is 5.78 Å². The number of anilines is 2. The molecule has 0 radical (unpaired) electrons. The molecule has 2 aromatic carbocycles. The van der Waals surface area contributed by atoms with E-state index in [1.165, 1.54) is 11.3 Å². The standard InChI is InChI=1S/C33H40N6O2S/c1-20-10-12-26(13-11-20)39-28(19-27(38-39)33(4,5)6)37-32(41)36-25-9-7-8-24(18-25)29(23-14-16-34-17-15-23)30(40)31-21(2)35-22(3)42-31/h7-13,18-19,23,29,34H,14-17H2,1-6H3,(H2,36,37,41). The third-order valence-corrected chi connectivity index (χ3v) is 8.85. The molecule has 3 N–H and O–H groups in total. The third kappa shape index (κ3) is 6.63. The summed E-state index contributed by atoms with van der Waals surface area (Å²) < 4.78 is 1.77. The van der Waals surface area contributed by atoms with Crippen LogP contribution in [0, 0.1) is 26.7 Å². The summed E-state index contributed by atoms with van der Waals surface area (Å²) in [5, 5.41) is 15.1. The predicted octanol–water partition coefficient (Wildman–Crippen LogP) is 7.16. The van der Waals surface area contributed by atoms with Crippen LogP contribution in [0.25, 0.3) is 5.69 Å². The molecule has 0 aliphatic carbocycles. The number of hydrogen-bond donors (Lipinski definition) is 3. The number of piperidine rings is 1. The van der Waals surface area contributed by atoms with Crippen molar-refractivity contribution < 1.29 is 9.59 Å². The van der Waals surface area contributed by atoms with E-state index in [-0.39, 0.29) is 29.1 Å². The van der Waals surface area contributed by atoms with Crippen molar-refractivity contribution in [2.24, 2.45) is 5.92 Å². The summed E-state index contributed by atoms with van der Waals surface area (Å²) in [6.45, 7) is 14.0. The molecule has 1 unspecified atom stereocenters. The fourth-order valence-electron chi connectivity index (χ4n) is 5.52. The molecule has 42 heavy (non-hydrogen) atoms. The molecule has 1 saturated heterocycles. The highest BCUT2D eigenvalue weighted by molar-refractivity contribution is 7.13. The monoisotopic (exact) mass is 584 g/mol. The maximum Gasteiger partial charge on any atom is 0.324 e. The van der Waals surface area contributed by atoms with E-state index in [0.717, 1.165) is 64.0 Å². The van der Waals surface area contributed by atoms with Gasteiger partial charge in [-0.2, -0.15) is 5.10 Å². The van der Waals surface area contributed by atoms with Gasteiger partial charge in [-0.3, -0.25) is 10.1 Å². The number of aryl methyl sites for hydroxylation is 3. The number of thiazole rings is 1. The van der Waals surface area contributed by atoms with Gasteiger partial charge in [0, 0.05) is 17.2 Å². The Labute approximate surface area is 252 Å². The summed E-state index contributed by atoms with van der Waals surface area (Å²) in [5.41, 5.74) is 5.03. The molecule has 220 valence electrons. The van der Waals surface area contributed by atoms with Crippen LogP contribution in [0.15, 0.2) is 54.6 Å². The van der Waals surface area contributed by atoms with Crippen LogP contribution < -0.4 is 16.0 Å². The first-order valence-corrected chi connectivity index (χ1v) is 15.4. The van der Waals surface area contributed by atoms with Crippen LogP contribution in [0.2, 0.25) is 0 Å². The lowest BCUT2D eigenvalue weighted by Crippen LogP contribution is -2.33. The number of nitrogens with zero attached hydrogens (tertiary/aromatic N) is 3. The average molecular weight is 585 g/mol. The zero-order valence-corrected chi connectivity index (χ0v) is 26.1. The minimum atomic E-state index is -0.375. The van der Waals surface area contributed by atoms with Crippen LogP contribution in [0.1, 0.15) is 76.7 Å².